The Morgan fingerprint density at radius 1 is 1.07 bits per heavy atom. The number of rotatable bonds is 13. The van der Waals surface area contributed by atoms with Crippen LogP contribution in [0.25, 0.3) is 0 Å². The quantitative estimate of drug-likeness (QED) is 0.358. The first-order valence-electron chi connectivity index (χ1n) is 9.98. The fourth-order valence-electron chi connectivity index (χ4n) is 2.87. The molecular formula is C22H34O6. The van der Waals surface area contributed by atoms with E-state index < -0.39 is 30.4 Å². The molecule has 0 saturated carbocycles. The third kappa shape index (κ3) is 10.6. The van der Waals surface area contributed by atoms with Gasteiger partial charge >= 0.3 is 5.97 Å². The van der Waals surface area contributed by atoms with Crippen LogP contribution in [0.4, 0.5) is 0 Å². The van der Waals surface area contributed by atoms with E-state index in [1.807, 2.05) is 12.2 Å². The van der Waals surface area contributed by atoms with Gasteiger partial charge in [-0.1, -0.05) is 55.5 Å². The van der Waals surface area contributed by atoms with Crippen LogP contribution in [0.15, 0.2) is 48.6 Å². The van der Waals surface area contributed by atoms with Crippen LogP contribution in [0.1, 0.15) is 51.9 Å². The van der Waals surface area contributed by atoms with Gasteiger partial charge in [-0.3, -0.25) is 4.79 Å². The topological polar surface area (TPSA) is 107 Å². The van der Waals surface area contributed by atoms with Crippen LogP contribution in [0.5, 0.6) is 0 Å². The Hall–Kier alpha value is -1.73. The van der Waals surface area contributed by atoms with E-state index in [1.54, 1.807) is 0 Å². The Balaban J connectivity index is 2.32. The smallest absolute Gasteiger partial charge is 0.303 e. The summed E-state index contributed by atoms with van der Waals surface area (Å²) in [5.74, 6) is -0.977. The SMILES string of the molecule is CC/C=C\C/C=C\C/C=C\C[C@@H]1O[C@H]([C@@H](O)/C=C/[C@@H](O)CCC(=O)O)C[C@@H]1O. The number of carbonyl (C=O) groups is 1. The van der Waals surface area contributed by atoms with E-state index in [0.717, 1.165) is 19.3 Å². The lowest BCUT2D eigenvalue weighted by atomic mass is 10.0. The van der Waals surface area contributed by atoms with Crippen LogP contribution in [0, 0.1) is 0 Å². The zero-order chi connectivity index (χ0) is 20.8. The van der Waals surface area contributed by atoms with Crippen molar-refractivity contribution < 1.29 is 30.0 Å². The molecule has 1 aliphatic rings. The molecule has 0 aliphatic carbocycles. The molecule has 0 aromatic carbocycles. The lowest BCUT2D eigenvalue weighted by Gasteiger charge is -2.16. The third-order valence-corrected chi connectivity index (χ3v) is 4.47. The number of hydrogen-bond acceptors (Lipinski definition) is 5. The van der Waals surface area contributed by atoms with E-state index in [4.69, 9.17) is 9.84 Å². The van der Waals surface area contributed by atoms with Gasteiger partial charge in [0.05, 0.1) is 30.5 Å². The van der Waals surface area contributed by atoms with Crippen molar-refractivity contribution in [3.8, 4) is 0 Å². The normalized spacial score (nSPS) is 25.5. The van der Waals surface area contributed by atoms with E-state index >= 15 is 0 Å². The van der Waals surface area contributed by atoms with Gasteiger partial charge in [-0.25, -0.2) is 0 Å². The van der Waals surface area contributed by atoms with Crippen LogP contribution in [0.3, 0.4) is 0 Å². The van der Waals surface area contributed by atoms with Gasteiger partial charge in [0.25, 0.3) is 0 Å². The van der Waals surface area contributed by atoms with E-state index in [2.05, 4.69) is 31.2 Å². The fraction of sp³-hybridized carbons (Fsp3) is 0.591. The number of ether oxygens (including phenoxy) is 1. The number of allylic oxidation sites excluding steroid dienone is 5. The summed E-state index contributed by atoms with van der Waals surface area (Å²) < 4.78 is 5.73. The minimum absolute atomic E-state index is 0.0868. The predicted molar refractivity (Wildman–Crippen MR) is 109 cm³/mol. The number of carboxylic acid groups (broad SMARTS) is 1. The minimum atomic E-state index is -0.977. The molecule has 6 heteroatoms. The highest BCUT2D eigenvalue weighted by Gasteiger charge is 2.36. The van der Waals surface area contributed by atoms with Gasteiger partial charge in [0.15, 0.2) is 0 Å². The van der Waals surface area contributed by atoms with Crippen LogP contribution >= 0.6 is 0 Å². The Morgan fingerprint density at radius 2 is 1.71 bits per heavy atom. The molecule has 6 nitrogen and oxygen atoms in total. The first-order chi connectivity index (χ1) is 13.4. The van der Waals surface area contributed by atoms with Crippen molar-refractivity contribution in [1.29, 1.82) is 0 Å². The van der Waals surface area contributed by atoms with E-state index in [0.29, 0.717) is 12.8 Å². The number of aliphatic hydroxyl groups excluding tert-OH is 3. The summed E-state index contributed by atoms with van der Waals surface area (Å²) in [6.07, 6.45) is 15.5. The second-order valence-electron chi connectivity index (χ2n) is 6.92. The Bertz CT molecular complexity index is 551. The summed E-state index contributed by atoms with van der Waals surface area (Å²) in [7, 11) is 0. The number of aliphatic carboxylic acids is 1. The van der Waals surface area contributed by atoms with Gasteiger partial charge in [0, 0.05) is 12.8 Å². The molecule has 0 aromatic rings. The molecule has 0 spiro atoms. The lowest BCUT2D eigenvalue weighted by molar-refractivity contribution is -0.137. The van der Waals surface area contributed by atoms with Gasteiger partial charge in [0.1, 0.15) is 0 Å². The van der Waals surface area contributed by atoms with E-state index in [-0.39, 0.29) is 18.9 Å². The summed E-state index contributed by atoms with van der Waals surface area (Å²) in [6, 6.07) is 0. The molecule has 0 radical (unpaired) electrons. The van der Waals surface area contributed by atoms with Crippen LogP contribution in [-0.4, -0.2) is 56.9 Å². The minimum Gasteiger partial charge on any atom is -0.481 e. The molecule has 1 aliphatic heterocycles. The zero-order valence-electron chi connectivity index (χ0n) is 16.6. The fourth-order valence-corrected chi connectivity index (χ4v) is 2.87. The summed E-state index contributed by atoms with van der Waals surface area (Å²) in [6.45, 7) is 2.11. The van der Waals surface area contributed by atoms with Crippen LogP contribution < -0.4 is 0 Å². The highest BCUT2D eigenvalue weighted by atomic mass is 16.5. The second kappa shape index (κ2) is 14.3. The van der Waals surface area contributed by atoms with Crippen molar-refractivity contribution in [1.82, 2.24) is 0 Å². The second-order valence-corrected chi connectivity index (χ2v) is 6.92. The van der Waals surface area contributed by atoms with Crippen molar-refractivity contribution in [2.75, 3.05) is 0 Å². The van der Waals surface area contributed by atoms with Crippen LogP contribution in [0.2, 0.25) is 0 Å². The van der Waals surface area contributed by atoms with Gasteiger partial charge in [-0.15, -0.1) is 0 Å². The highest BCUT2D eigenvalue weighted by Crippen LogP contribution is 2.26. The molecule has 1 heterocycles. The molecule has 0 bridgehead atoms. The standard InChI is InChI=1S/C22H34O6/c1-2-3-4-5-6-7-8-9-10-11-20-19(25)16-21(28-20)18(24)14-12-17(23)13-15-22(26)27/h3-4,6-7,9-10,12,14,17-21,23-25H,2,5,8,11,13,15-16H2,1H3,(H,26,27)/b4-3-,7-6-,10-9-,14-12+/t17-,18+,19+,20+,21+/m1/s1. The highest BCUT2D eigenvalue weighted by molar-refractivity contribution is 5.66. The average Bonchev–Trinajstić information content (AvgIpc) is 3.03. The molecule has 5 atom stereocenters. The number of hydrogen-bond donors (Lipinski definition) is 4. The predicted octanol–water partition coefficient (Wildman–Crippen LogP) is 2.90. The maximum atomic E-state index is 10.5. The van der Waals surface area contributed by atoms with Gasteiger partial charge in [0.2, 0.25) is 0 Å². The van der Waals surface area contributed by atoms with E-state index in [1.165, 1.54) is 12.2 Å². The Morgan fingerprint density at radius 3 is 2.36 bits per heavy atom. The Labute approximate surface area is 167 Å². The molecule has 0 amide bonds. The van der Waals surface area contributed by atoms with E-state index in [9.17, 15) is 20.1 Å². The zero-order valence-corrected chi connectivity index (χ0v) is 16.6. The van der Waals surface area contributed by atoms with Crippen molar-refractivity contribution >= 4 is 5.97 Å². The van der Waals surface area contributed by atoms with Crippen molar-refractivity contribution in [3.63, 3.8) is 0 Å². The molecule has 0 aromatic heterocycles. The molecule has 158 valence electrons. The molecule has 1 fully saturated rings. The first kappa shape index (κ1) is 24.3. The molecule has 4 N–H and O–H groups in total. The summed E-state index contributed by atoms with van der Waals surface area (Å²) in [5.41, 5.74) is 0. The summed E-state index contributed by atoms with van der Waals surface area (Å²) in [4.78, 5) is 10.5. The lowest BCUT2D eigenvalue weighted by Crippen LogP contribution is -2.24. The third-order valence-electron chi connectivity index (χ3n) is 4.47. The summed E-state index contributed by atoms with van der Waals surface area (Å²) >= 11 is 0. The molecule has 1 saturated heterocycles. The Kier molecular flexibility index (Phi) is 12.4. The average molecular weight is 395 g/mol. The monoisotopic (exact) mass is 394 g/mol. The summed E-state index contributed by atoms with van der Waals surface area (Å²) in [5, 5.41) is 38.5. The molecule has 0 unspecified atom stereocenters. The number of aliphatic hydroxyl groups is 3. The van der Waals surface area contributed by atoms with Crippen LogP contribution in [-0.2, 0) is 9.53 Å². The van der Waals surface area contributed by atoms with Gasteiger partial charge in [-0.2, -0.15) is 0 Å². The molecular weight excluding hydrogens is 360 g/mol. The maximum absolute atomic E-state index is 10.5. The van der Waals surface area contributed by atoms with Gasteiger partial charge in [-0.05, 0) is 32.1 Å². The van der Waals surface area contributed by atoms with Crippen molar-refractivity contribution in [2.45, 2.75) is 82.4 Å². The number of carboxylic acids is 1. The molecule has 1 rings (SSSR count). The molecule has 28 heavy (non-hydrogen) atoms. The largest absolute Gasteiger partial charge is 0.481 e. The van der Waals surface area contributed by atoms with Gasteiger partial charge < -0.3 is 25.2 Å². The first-order valence-corrected chi connectivity index (χ1v) is 9.98. The van der Waals surface area contributed by atoms with Crippen molar-refractivity contribution in [3.05, 3.63) is 48.6 Å². The van der Waals surface area contributed by atoms with Crippen molar-refractivity contribution in [2.24, 2.45) is 0 Å². The maximum Gasteiger partial charge on any atom is 0.303 e.